The summed E-state index contributed by atoms with van der Waals surface area (Å²) >= 11 is 0. The number of nitrogens with one attached hydrogen (secondary N) is 2. The summed E-state index contributed by atoms with van der Waals surface area (Å²) in [4.78, 5) is 26.5. The zero-order valence-electron chi connectivity index (χ0n) is 12.9. The van der Waals surface area contributed by atoms with Gasteiger partial charge in [0.1, 0.15) is 6.04 Å². The van der Waals surface area contributed by atoms with E-state index in [-0.39, 0.29) is 36.6 Å². The fraction of sp³-hybridized carbons (Fsp3) is 0.857. The molecule has 0 aromatic rings. The van der Waals surface area contributed by atoms with Crippen LogP contribution in [0.4, 0.5) is 0 Å². The van der Waals surface area contributed by atoms with Gasteiger partial charge in [0.05, 0.1) is 25.4 Å². The SMILES string of the molecule is COC1CNC(C(=O)N2CCOCC2C(=O)NC(C)C)C1. The minimum atomic E-state index is -0.544. The van der Waals surface area contributed by atoms with Gasteiger partial charge in [-0.15, -0.1) is 0 Å². The van der Waals surface area contributed by atoms with Crippen LogP contribution in [0.3, 0.4) is 0 Å². The first-order valence-corrected chi connectivity index (χ1v) is 7.47. The van der Waals surface area contributed by atoms with E-state index in [1.807, 2.05) is 13.8 Å². The Bertz CT molecular complexity index is 388. The number of morpholine rings is 1. The fourth-order valence-corrected chi connectivity index (χ4v) is 2.74. The van der Waals surface area contributed by atoms with E-state index in [0.29, 0.717) is 26.1 Å². The first-order valence-electron chi connectivity index (χ1n) is 7.47. The number of carbonyl (C=O) groups excluding carboxylic acids is 2. The maximum atomic E-state index is 12.6. The van der Waals surface area contributed by atoms with Crippen molar-refractivity contribution >= 4 is 11.8 Å². The van der Waals surface area contributed by atoms with Crippen molar-refractivity contribution in [2.75, 3.05) is 33.4 Å². The Morgan fingerprint density at radius 2 is 2.19 bits per heavy atom. The fourth-order valence-electron chi connectivity index (χ4n) is 2.74. The van der Waals surface area contributed by atoms with E-state index < -0.39 is 6.04 Å². The van der Waals surface area contributed by atoms with Crippen LogP contribution in [0.2, 0.25) is 0 Å². The predicted octanol–water partition coefficient (Wildman–Crippen LogP) is -0.885. The molecule has 2 fully saturated rings. The lowest BCUT2D eigenvalue weighted by atomic mass is 10.1. The molecule has 0 spiro atoms. The van der Waals surface area contributed by atoms with Crippen LogP contribution in [-0.2, 0) is 19.1 Å². The predicted molar refractivity (Wildman–Crippen MR) is 76.8 cm³/mol. The lowest BCUT2D eigenvalue weighted by Crippen LogP contribution is -2.59. The molecule has 120 valence electrons. The summed E-state index contributed by atoms with van der Waals surface area (Å²) in [6.07, 6.45) is 0.702. The molecule has 2 aliphatic rings. The van der Waals surface area contributed by atoms with E-state index in [4.69, 9.17) is 9.47 Å². The molecule has 0 aromatic carbocycles. The molecule has 21 heavy (non-hydrogen) atoms. The Kier molecular flexibility index (Phi) is 5.55. The highest BCUT2D eigenvalue weighted by molar-refractivity contribution is 5.90. The molecule has 2 N–H and O–H groups in total. The second-order valence-corrected chi connectivity index (χ2v) is 5.84. The molecular formula is C14H25N3O4. The van der Waals surface area contributed by atoms with Gasteiger partial charge in [-0.2, -0.15) is 0 Å². The third kappa shape index (κ3) is 3.93. The molecular weight excluding hydrogens is 274 g/mol. The molecule has 0 aromatic heterocycles. The topological polar surface area (TPSA) is 79.9 Å². The molecule has 0 aliphatic carbocycles. The molecule has 2 rings (SSSR count). The van der Waals surface area contributed by atoms with Crippen LogP contribution in [0.15, 0.2) is 0 Å². The van der Waals surface area contributed by atoms with E-state index in [0.717, 1.165) is 0 Å². The highest BCUT2D eigenvalue weighted by Gasteiger charge is 2.38. The van der Waals surface area contributed by atoms with Crippen molar-refractivity contribution in [1.29, 1.82) is 0 Å². The molecule has 2 amide bonds. The zero-order valence-corrected chi connectivity index (χ0v) is 12.9. The molecule has 7 nitrogen and oxygen atoms in total. The Morgan fingerprint density at radius 1 is 1.43 bits per heavy atom. The van der Waals surface area contributed by atoms with Gasteiger partial charge in [0, 0.05) is 26.2 Å². The van der Waals surface area contributed by atoms with Gasteiger partial charge in [0.15, 0.2) is 0 Å². The first kappa shape index (κ1) is 16.2. The average molecular weight is 299 g/mol. The largest absolute Gasteiger partial charge is 0.380 e. The van der Waals surface area contributed by atoms with Crippen molar-refractivity contribution in [3.63, 3.8) is 0 Å². The van der Waals surface area contributed by atoms with Crippen LogP contribution >= 0.6 is 0 Å². The van der Waals surface area contributed by atoms with Crippen molar-refractivity contribution in [1.82, 2.24) is 15.5 Å². The Morgan fingerprint density at radius 3 is 2.81 bits per heavy atom. The summed E-state index contributed by atoms with van der Waals surface area (Å²) in [5.41, 5.74) is 0. The number of carbonyl (C=O) groups is 2. The summed E-state index contributed by atoms with van der Waals surface area (Å²) in [7, 11) is 1.65. The molecule has 2 aliphatic heterocycles. The number of hydrogen-bond donors (Lipinski definition) is 2. The second kappa shape index (κ2) is 7.20. The van der Waals surface area contributed by atoms with Crippen LogP contribution in [0, 0.1) is 0 Å². The maximum Gasteiger partial charge on any atom is 0.245 e. The number of ether oxygens (including phenoxy) is 2. The van der Waals surface area contributed by atoms with Gasteiger partial charge >= 0.3 is 0 Å². The van der Waals surface area contributed by atoms with E-state index in [1.165, 1.54) is 0 Å². The Balaban J connectivity index is 2.01. The van der Waals surface area contributed by atoms with Crippen molar-refractivity contribution in [3.05, 3.63) is 0 Å². The normalized spacial score (nSPS) is 29.7. The molecule has 3 atom stereocenters. The molecule has 0 radical (unpaired) electrons. The molecule has 2 saturated heterocycles. The van der Waals surface area contributed by atoms with Crippen LogP contribution in [0.25, 0.3) is 0 Å². The number of nitrogens with zero attached hydrogens (tertiary/aromatic N) is 1. The third-order valence-electron chi connectivity index (χ3n) is 3.87. The Hall–Kier alpha value is -1.18. The van der Waals surface area contributed by atoms with Crippen LogP contribution in [0.5, 0.6) is 0 Å². The highest BCUT2D eigenvalue weighted by Crippen LogP contribution is 2.16. The monoisotopic (exact) mass is 299 g/mol. The second-order valence-electron chi connectivity index (χ2n) is 5.84. The van der Waals surface area contributed by atoms with Crippen LogP contribution < -0.4 is 10.6 Å². The van der Waals surface area contributed by atoms with Gasteiger partial charge in [-0.1, -0.05) is 0 Å². The van der Waals surface area contributed by atoms with Gasteiger partial charge in [0.25, 0.3) is 0 Å². The zero-order chi connectivity index (χ0) is 15.4. The van der Waals surface area contributed by atoms with Crippen LogP contribution in [-0.4, -0.2) is 74.4 Å². The third-order valence-corrected chi connectivity index (χ3v) is 3.87. The maximum absolute atomic E-state index is 12.6. The van der Waals surface area contributed by atoms with Crippen molar-refractivity contribution in [3.8, 4) is 0 Å². The van der Waals surface area contributed by atoms with E-state index in [1.54, 1.807) is 12.0 Å². The minimum Gasteiger partial charge on any atom is -0.380 e. The molecule has 7 heteroatoms. The van der Waals surface area contributed by atoms with E-state index in [2.05, 4.69) is 10.6 Å². The minimum absolute atomic E-state index is 0.0400. The van der Waals surface area contributed by atoms with Crippen molar-refractivity contribution in [2.24, 2.45) is 0 Å². The lowest BCUT2D eigenvalue weighted by molar-refractivity contribution is -0.150. The summed E-state index contributed by atoms with van der Waals surface area (Å²) in [6.45, 7) is 5.64. The van der Waals surface area contributed by atoms with E-state index in [9.17, 15) is 9.59 Å². The van der Waals surface area contributed by atoms with Gasteiger partial charge in [-0.25, -0.2) is 0 Å². The van der Waals surface area contributed by atoms with Crippen molar-refractivity contribution < 1.29 is 19.1 Å². The van der Waals surface area contributed by atoms with Gasteiger partial charge in [0.2, 0.25) is 11.8 Å². The van der Waals surface area contributed by atoms with Crippen LogP contribution in [0.1, 0.15) is 20.3 Å². The van der Waals surface area contributed by atoms with Gasteiger partial charge in [-0.05, 0) is 20.3 Å². The quantitative estimate of drug-likeness (QED) is 0.704. The molecule has 0 bridgehead atoms. The number of amides is 2. The summed E-state index contributed by atoms with van der Waals surface area (Å²) < 4.78 is 10.6. The summed E-state index contributed by atoms with van der Waals surface area (Å²) in [5.74, 6) is -0.193. The summed E-state index contributed by atoms with van der Waals surface area (Å²) in [5, 5.41) is 6.02. The number of hydrogen-bond acceptors (Lipinski definition) is 5. The molecule has 3 unspecified atom stereocenters. The molecule has 2 heterocycles. The van der Waals surface area contributed by atoms with Gasteiger partial charge < -0.3 is 25.0 Å². The molecule has 0 saturated carbocycles. The number of rotatable bonds is 4. The number of methoxy groups -OCH3 is 1. The first-order chi connectivity index (χ1) is 10.0. The highest BCUT2D eigenvalue weighted by atomic mass is 16.5. The van der Waals surface area contributed by atoms with Gasteiger partial charge in [-0.3, -0.25) is 9.59 Å². The summed E-state index contributed by atoms with van der Waals surface area (Å²) in [6, 6.07) is -0.779. The lowest BCUT2D eigenvalue weighted by Gasteiger charge is -2.36. The standard InChI is InChI=1S/C14H25N3O4/c1-9(2)16-13(18)12-8-21-5-4-17(12)14(19)11-6-10(20-3)7-15-11/h9-12,15H,4-8H2,1-3H3,(H,16,18). The van der Waals surface area contributed by atoms with Crippen molar-refractivity contribution in [2.45, 2.75) is 44.5 Å². The average Bonchev–Trinajstić information content (AvgIpc) is 2.94. The Labute approximate surface area is 125 Å². The van der Waals surface area contributed by atoms with E-state index >= 15 is 0 Å². The smallest absolute Gasteiger partial charge is 0.245 e.